The normalized spacial score (nSPS) is 17.2. The molecule has 1 atom stereocenters. The molecule has 1 saturated heterocycles. The molecule has 0 radical (unpaired) electrons. The van der Waals surface area contributed by atoms with Gasteiger partial charge in [-0.1, -0.05) is 12.1 Å². The number of amides is 1. The van der Waals surface area contributed by atoms with Gasteiger partial charge in [-0.2, -0.15) is 0 Å². The summed E-state index contributed by atoms with van der Waals surface area (Å²) >= 11 is 0. The van der Waals surface area contributed by atoms with Crippen LogP contribution < -0.4 is 4.74 Å². The first-order valence-electron chi connectivity index (χ1n) is 8.27. The molecule has 1 aromatic heterocycles. The largest absolute Gasteiger partial charge is 0.493 e. The fourth-order valence-electron chi connectivity index (χ4n) is 3.23. The van der Waals surface area contributed by atoms with Gasteiger partial charge in [-0.05, 0) is 19.9 Å². The van der Waals surface area contributed by atoms with Crippen molar-refractivity contribution >= 4 is 16.9 Å². The Balaban J connectivity index is 1.79. The monoisotopic (exact) mass is 332 g/mol. The second kappa shape index (κ2) is 6.83. The van der Waals surface area contributed by atoms with Gasteiger partial charge < -0.3 is 19.2 Å². The molecule has 3 rings (SSSR count). The minimum Gasteiger partial charge on any atom is -0.493 e. The second-order valence-corrected chi connectivity index (χ2v) is 6.33. The van der Waals surface area contributed by atoms with E-state index in [4.69, 9.17) is 9.15 Å². The summed E-state index contributed by atoms with van der Waals surface area (Å²) in [5.41, 5.74) is 1.47. The summed E-state index contributed by atoms with van der Waals surface area (Å²) in [7, 11) is 1.59. The predicted molar refractivity (Wildman–Crippen MR) is 91.5 cm³/mol. The summed E-state index contributed by atoms with van der Waals surface area (Å²) in [6.07, 6.45) is -0.350. The molecule has 24 heavy (non-hydrogen) atoms. The number of β-amino-alcohol motifs (C(OH)–C–C–N with tert-alkyl or cyclic N) is 1. The Hall–Kier alpha value is -2.05. The van der Waals surface area contributed by atoms with E-state index in [1.807, 2.05) is 30.0 Å². The molecule has 6 nitrogen and oxygen atoms in total. The highest BCUT2D eigenvalue weighted by Crippen LogP contribution is 2.32. The lowest BCUT2D eigenvalue weighted by Gasteiger charge is -2.34. The number of para-hydroxylation sites is 1. The van der Waals surface area contributed by atoms with Gasteiger partial charge in [-0.15, -0.1) is 0 Å². The number of ether oxygens (including phenoxy) is 1. The van der Waals surface area contributed by atoms with Crippen molar-refractivity contribution in [2.24, 2.45) is 0 Å². The van der Waals surface area contributed by atoms with Gasteiger partial charge in [-0.25, -0.2) is 0 Å². The van der Waals surface area contributed by atoms with Crippen LogP contribution in [0.25, 0.3) is 11.0 Å². The number of carbonyl (C=O) groups is 1. The van der Waals surface area contributed by atoms with E-state index in [-0.39, 0.29) is 12.0 Å². The van der Waals surface area contributed by atoms with Gasteiger partial charge in [0.1, 0.15) is 0 Å². The average Bonchev–Trinajstić information content (AvgIpc) is 2.91. The highest BCUT2D eigenvalue weighted by atomic mass is 16.5. The number of piperazine rings is 1. The lowest BCUT2D eigenvalue weighted by molar-refractivity contribution is 0.0529. The van der Waals surface area contributed by atoms with Gasteiger partial charge in [0.05, 0.1) is 13.2 Å². The third-order valence-corrected chi connectivity index (χ3v) is 4.52. The summed E-state index contributed by atoms with van der Waals surface area (Å²) in [4.78, 5) is 16.8. The van der Waals surface area contributed by atoms with Crippen LogP contribution in [-0.4, -0.2) is 66.8 Å². The molecule has 0 saturated carbocycles. The minimum absolute atomic E-state index is 0.0811. The van der Waals surface area contributed by atoms with Crippen molar-refractivity contribution in [2.75, 3.05) is 39.8 Å². The van der Waals surface area contributed by atoms with E-state index in [9.17, 15) is 9.90 Å². The van der Waals surface area contributed by atoms with Crippen LogP contribution in [0.15, 0.2) is 22.6 Å². The molecule has 2 heterocycles. The number of carbonyl (C=O) groups excluding carboxylic acids is 1. The molecule has 1 amide bonds. The van der Waals surface area contributed by atoms with E-state index in [2.05, 4.69) is 4.90 Å². The quantitative estimate of drug-likeness (QED) is 0.926. The third kappa shape index (κ3) is 3.12. The van der Waals surface area contributed by atoms with Gasteiger partial charge in [0, 0.05) is 43.7 Å². The maximum Gasteiger partial charge on any atom is 0.289 e. The molecule has 130 valence electrons. The first kappa shape index (κ1) is 16.8. The van der Waals surface area contributed by atoms with Crippen LogP contribution >= 0.6 is 0 Å². The van der Waals surface area contributed by atoms with Crippen LogP contribution in [0.3, 0.4) is 0 Å². The van der Waals surface area contributed by atoms with Gasteiger partial charge in [0.25, 0.3) is 5.91 Å². The molecule has 1 fully saturated rings. The number of hydrogen-bond acceptors (Lipinski definition) is 5. The molecule has 1 aliphatic heterocycles. The topological polar surface area (TPSA) is 66.2 Å². The van der Waals surface area contributed by atoms with Crippen molar-refractivity contribution in [3.63, 3.8) is 0 Å². The van der Waals surface area contributed by atoms with Crippen LogP contribution in [0.5, 0.6) is 5.75 Å². The predicted octanol–water partition coefficient (Wildman–Crippen LogP) is 1.89. The van der Waals surface area contributed by atoms with Crippen molar-refractivity contribution in [1.29, 1.82) is 0 Å². The maximum atomic E-state index is 12.8. The number of fused-ring (bicyclic) bond motifs is 1. The van der Waals surface area contributed by atoms with Gasteiger partial charge in [0.15, 0.2) is 17.1 Å². The fraction of sp³-hybridized carbons (Fsp3) is 0.500. The Morgan fingerprint density at radius 1 is 1.33 bits per heavy atom. The second-order valence-electron chi connectivity index (χ2n) is 6.33. The van der Waals surface area contributed by atoms with Gasteiger partial charge >= 0.3 is 0 Å². The molecule has 2 aromatic rings. The van der Waals surface area contributed by atoms with E-state index < -0.39 is 0 Å². The Kier molecular flexibility index (Phi) is 4.78. The van der Waals surface area contributed by atoms with Crippen LogP contribution in [0, 0.1) is 6.92 Å². The molecule has 1 aromatic carbocycles. The molecule has 1 N–H and O–H groups in total. The first-order valence-corrected chi connectivity index (χ1v) is 8.27. The average molecular weight is 332 g/mol. The van der Waals surface area contributed by atoms with Crippen molar-refractivity contribution in [2.45, 2.75) is 20.0 Å². The van der Waals surface area contributed by atoms with Crippen molar-refractivity contribution in [3.05, 3.63) is 29.5 Å². The minimum atomic E-state index is -0.350. The highest BCUT2D eigenvalue weighted by Gasteiger charge is 2.27. The zero-order valence-electron chi connectivity index (χ0n) is 14.4. The molecule has 1 unspecified atom stereocenters. The number of benzene rings is 1. The lowest BCUT2D eigenvalue weighted by Crippen LogP contribution is -2.50. The van der Waals surface area contributed by atoms with Gasteiger partial charge in [-0.3, -0.25) is 9.69 Å². The fourth-order valence-corrected chi connectivity index (χ4v) is 3.23. The molecule has 1 aliphatic rings. The molecular weight excluding hydrogens is 308 g/mol. The van der Waals surface area contributed by atoms with Crippen molar-refractivity contribution in [1.82, 2.24) is 9.80 Å². The zero-order chi connectivity index (χ0) is 17.3. The number of aliphatic hydroxyl groups is 1. The lowest BCUT2D eigenvalue weighted by atomic mass is 10.1. The Labute approximate surface area is 141 Å². The van der Waals surface area contributed by atoms with E-state index in [0.717, 1.165) is 24.0 Å². The summed E-state index contributed by atoms with van der Waals surface area (Å²) in [5.74, 6) is 0.942. The van der Waals surface area contributed by atoms with Crippen LogP contribution in [-0.2, 0) is 0 Å². The van der Waals surface area contributed by atoms with Crippen LogP contribution in [0.2, 0.25) is 0 Å². The Bertz CT molecular complexity index is 730. The Morgan fingerprint density at radius 2 is 2.04 bits per heavy atom. The standard InChI is InChI=1S/C18H24N2O4/c1-12(21)11-19-7-9-20(10-8-19)18(22)16-13(2)14-5-4-6-15(23-3)17(14)24-16/h4-6,12,21H,7-11H2,1-3H3. The number of aryl methyl sites for hydroxylation is 1. The maximum absolute atomic E-state index is 12.8. The van der Waals surface area contributed by atoms with Crippen LogP contribution in [0.4, 0.5) is 0 Å². The number of rotatable bonds is 4. The van der Waals surface area contributed by atoms with E-state index in [0.29, 0.717) is 36.7 Å². The summed E-state index contributed by atoms with van der Waals surface area (Å²) < 4.78 is 11.2. The number of furan rings is 1. The summed E-state index contributed by atoms with van der Waals surface area (Å²) in [6, 6.07) is 5.66. The van der Waals surface area contributed by atoms with Crippen molar-refractivity contribution < 1.29 is 19.1 Å². The number of nitrogens with zero attached hydrogens (tertiary/aromatic N) is 2. The number of aliphatic hydroxyl groups excluding tert-OH is 1. The molecule has 0 spiro atoms. The third-order valence-electron chi connectivity index (χ3n) is 4.52. The van der Waals surface area contributed by atoms with Crippen molar-refractivity contribution in [3.8, 4) is 5.75 Å². The Morgan fingerprint density at radius 3 is 2.67 bits per heavy atom. The van der Waals surface area contributed by atoms with E-state index in [1.54, 1.807) is 14.0 Å². The SMILES string of the molecule is COc1cccc2c(C)c(C(=O)N3CCN(CC(C)O)CC3)oc12. The summed E-state index contributed by atoms with van der Waals surface area (Å²) in [5, 5.41) is 10.4. The molecule has 6 heteroatoms. The number of hydrogen-bond donors (Lipinski definition) is 1. The first-order chi connectivity index (χ1) is 11.5. The number of methoxy groups -OCH3 is 1. The smallest absolute Gasteiger partial charge is 0.289 e. The van der Waals surface area contributed by atoms with E-state index >= 15 is 0 Å². The molecular formula is C18H24N2O4. The molecule has 0 aliphatic carbocycles. The van der Waals surface area contributed by atoms with E-state index in [1.165, 1.54) is 0 Å². The zero-order valence-corrected chi connectivity index (χ0v) is 14.4. The van der Waals surface area contributed by atoms with Crippen LogP contribution in [0.1, 0.15) is 23.0 Å². The molecule has 0 bridgehead atoms. The highest BCUT2D eigenvalue weighted by molar-refractivity contribution is 6.00. The summed E-state index contributed by atoms with van der Waals surface area (Å²) in [6.45, 7) is 7.13. The van der Waals surface area contributed by atoms with Gasteiger partial charge in [0.2, 0.25) is 0 Å².